The lowest BCUT2D eigenvalue weighted by atomic mass is 10.1. The first kappa shape index (κ1) is 14.3. The van der Waals surface area contributed by atoms with Crippen molar-refractivity contribution in [2.24, 2.45) is 0 Å². The molecule has 1 N–H and O–H groups in total. The Hall–Kier alpha value is -2.62. The molecule has 4 heteroatoms. The number of amides is 1. The van der Waals surface area contributed by atoms with Gasteiger partial charge in [0.05, 0.1) is 23.6 Å². The number of imidazole rings is 1. The van der Waals surface area contributed by atoms with Crippen molar-refractivity contribution in [2.75, 3.05) is 0 Å². The maximum atomic E-state index is 11.2. The van der Waals surface area contributed by atoms with Gasteiger partial charge in [0.25, 0.3) is 0 Å². The Balaban J connectivity index is 2.09. The molecule has 2 aromatic carbocycles. The largest absolute Gasteiger partial charge is 0.349 e. The van der Waals surface area contributed by atoms with E-state index in [1.54, 1.807) is 0 Å². The molecule has 0 aliphatic heterocycles. The normalized spacial score (nSPS) is 12.3. The van der Waals surface area contributed by atoms with Crippen LogP contribution in [0.5, 0.6) is 0 Å². The second kappa shape index (κ2) is 6.02. The highest BCUT2D eigenvalue weighted by molar-refractivity contribution is 5.77. The second-order valence-corrected chi connectivity index (χ2v) is 5.38. The maximum absolute atomic E-state index is 11.2. The summed E-state index contributed by atoms with van der Waals surface area (Å²) in [5.41, 5.74) is 3.25. The SMILES string of the molecule is CC(=O)NCc1nc2ccccc2n1[C@H](C)c1ccccc1. The minimum absolute atomic E-state index is 0.0500. The summed E-state index contributed by atoms with van der Waals surface area (Å²) in [5, 5.41) is 2.85. The molecule has 3 rings (SSSR count). The predicted molar refractivity (Wildman–Crippen MR) is 87.5 cm³/mol. The van der Waals surface area contributed by atoms with E-state index < -0.39 is 0 Å². The summed E-state index contributed by atoms with van der Waals surface area (Å²) in [7, 11) is 0. The van der Waals surface area contributed by atoms with Crippen molar-refractivity contribution < 1.29 is 4.79 Å². The molecule has 1 amide bonds. The zero-order valence-electron chi connectivity index (χ0n) is 12.8. The van der Waals surface area contributed by atoms with Gasteiger partial charge in [-0.2, -0.15) is 0 Å². The predicted octanol–water partition coefficient (Wildman–Crippen LogP) is 3.28. The topological polar surface area (TPSA) is 46.9 Å². The van der Waals surface area contributed by atoms with Crippen LogP contribution < -0.4 is 5.32 Å². The number of carbonyl (C=O) groups excluding carboxylic acids is 1. The number of rotatable bonds is 4. The number of fused-ring (bicyclic) bond motifs is 1. The van der Waals surface area contributed by atoms with Crippen molar-refractivity contribution in [3.8, 4) is 0 Å². The summed E-state index contributed by atoms with van der Waals surface area (Å²) in [6.07, 6.45) is 0. The number of nitrogens with one attached hydrogen (secondary N) is 1. The number of hydrogen-bond acceptors (Lipinski definition) is 2. The van der Waals surface area contributed by atoms with Crippen LogP contribution in [0.4, 0.5) is 0 Å². The van der Waals surface area contributed by atoms with E-state index in [4.69, 9.17) is 0 Å². The Morgan fingerprint density at radius 3 is 2.55 bits per heavy atom. The molecule has 0 saturated heterocycles. The molecule has 0 spiro atoms. The number of carbonyl (C=O) groups is 1. The first-order chi connectivity index (χ1) is 10.7. The molecule has 0 fully saturated rings. The third-order valence-electron chi connectivity index (χ3n) is 3.83. The third kappa shape index (κ3) is 2.72. The molecule has 0 unspecified atom stereocenters. The van der Waals surface area contributed by atoms with E-state index in [0.29, 0.717) is 6.54 Å². The van der Waals surface area contributed by atoms with Crippen molar-refractivity contribution in [3.63, 3.8) is 0 Å². The van der Waals surface area contributed by atoms with Gasteiger partial charge in [0, 0.05) is 6.92 Å². The monoisotopic (exact) mass is 293 g/mol. The zero-order valence-corrected chi connectivity index (χ0v) is 12.8. The van der Waals surface area contributed by atoms with Crippen LogP contribution in [0.15, 0.2) is 54.6 Å². The van der Waals surface area contributed by atoms with Crippen LogP contribution in [0.25, 0.3) is 11.0 Å². The first-order valence-electron chi connectivity index (χ1n) is 7.42. The molecule has 0 bridgehead atoms. The van der Waals surface area contributed by atoms with Gasteiger partial charge in [-0.05, 0) is 24.6 Å². The Bertz CT molecular complexity index is 792. The highest BCUT2D eigenvalue weighted by Gasteiger charge is 2.16. The van der Waals surface area contributed by atoms with Gasteiger partial charge in [0.2, 0.25) is 5.91 Å². The smallest absolute Gasteiger partial charge is 0.217 e. The van der Waals surface area contributed by atoms with E-state index in [2.05, 4.69) is 40.0 Å². The maximum Gasteiger partial charge on any atom is 0.217 e. The van der Waals surface area contributed by atoms with Crippen LogP contribution in [0.1, 0.15) is 31.3 Å². The molecular formula is C18H19N3O. The van der Waals surface area contributed by atoms with Crippen LogP contribution in [-0.2, 0) is 11.3 Å². The summed E-state index contributed by atoms with van der Waals surface area (Å²) in [6.45, 7) is 4.11. The highest BCUT2D eigenvalue weighted by atomic mass is 16.1. The average molecular weight is 293 g/mol. The van der Waals surface area contributed by atoms with E-state index in [-0.39, 0.29) is 11.9 Å². The van der Waals surface area contributed by atoms with E-state index in [9.17, 15) is 4.79 Å². The fraction of sp³-hybridized carbons (Fsp3) is 0.222. The molecule has 1 aromatic heterocycles. The van der Waals surface area contributed by atoms with E-state index in [0.717, 1.165) is 16.9 Å². The summed E-state index contributed by atoms with van der Waals surface area (Å²) >= 11 is 0. The lowest BCUT2D eigenvalue weighted by Gasteiger charge is -2.18. The summed E-state index contributed by atoms with van der Waals surface area (Å²) in [4.78, 5) is 15.9. The number of para-hydroxylation sites is 2. The van der Waals surface area contributed by atoms with Crippen LogP contribution in [0.3, 0.4) is 0 Å². The van der Waals surface area contributed by atoms with Gasteiger partial charge in [0.15, 0.2) is 0 Å². The standard InChI is InChI=1S/C18H19N3O/c1-13(15-8-4-3-5-9-15)21-17-11-7-6-10-16(17)20-18(21)12-19-14(2)22/h3-11,13H,12H2,1-2H3,(H,19,22)/t13-/m1/s1. The van der Waals surface area contributed by atoms with Crippen LogP contribution in [0.2, 0.25) is 0 Å². The van der Waals surface area contributed by atoms with Gasteiger partial charge in [-0.25, -0.2) is 4.98 Å². The Kier molecular flexibility index (Phi) is 3.92. The van der Waals surface area contributed by atoms with E-state index >= 15 is 0 Å². The Labute approximate surface area is 129 Å². The summed E-state index contributed by atoms with van der Waals surface area (Å²) in [5.74, 6) is 0.818. The van der Waals surface area contributed by atoms with Gasteiger partial charge < -0.3 is 9.88 Å². The van der Waals surface area contributed by atoms with Crippen LogP contribution >= 0.6 is 0 Å². The molecule has 0 aliphatic carbocycles. The van der Waals surface area contributed by atoms with Crippen LogP contribution in [-0.4, -0.2) is 15.5 Å². The number of hydrogen-bond donors (Lipinski definition) is 1. The quantitative estimate of drug-likeness (QED) is 0.802. The molecule has 0 saturated carbocycles. The molecule has 0 radical (unpaired) electrons. The summed E-state index contributed by atoms with van der Waals surface area (Å²) < 4.78 is 2.20. The zero-order chi connectivity index (χ0) is 15.5. The van der Waals surface area contributed by atoms with Gasteiger partial charge in [-0.15, -0.1) is 0 Å². The van der Waals surface area contributed by atoms with Gasteiger partial charge >= 0.3 is 0 Å². The molecule has 0 aliphatic rings. The lowest BCUT2D eigenvalue weighted by Crippen LogP contribution is -2.22. The van der Waals surface area contributed by atoms with Crippen molar-refractivity contribution in [1.82, 2.24) is 14.9 Å². The average Bonchev–Trinajstić information content (AvgIpc) is 2.91. The lowest BCUT2D eigenvalue weighted by molar-refractivity contribution is -0.119. The van der Waals surface area contributed by atoms with Crippen LogP contribution in [0, 0.1) is 0 Å². The molecule has 112 valence electrons. The molecule has 3 aromatic rings. The van der Waals surface area contributed by atoms with Gasteiger partial charge in [-0.1, -0.05) is 42.5 Å². The fourth-order valence-corrected chi connectivity index (χ4v) is 2.74. The van der Waals surface area contributed by atoms with Crippen molar-refractivity contribution >= 4 is 16.9 Å². The van der Waals surface area contributed by atoms with Gasteiger partial charge in [-0.3, -0.25) is 4.79 Å². The minimum atomic E-state index is -0.0500. The molecule has 4 nitrogen and oxygen atoms in total. The number of nitrogens with zero attached hydrogens (tertiary/aromatic N) is 2. The first-order valence-corrected chi connectivity index (χ1v) is 7.42. The van der Waals surface area contributed by atoms with E-state index in [1.807, 2.05) is 36.4 Å². The second-order valence-electron chi connectivity index (χ2n) is 5.38. The molecule has 22 heavy (non-hydrogen) atoms. The number of aromatic nitrogens is 2. The highest BCUT2D eigenvalue weighted by Crippen LogP contribution is 2.25. The van der Waals surface area contributed by atoms with Crippen molar-refractivity contribution in [3.05, 3.63) is 66.0 Å². The van der Waals surface area contributed by atoms with Gasteiger partial charge in [0.1, 0.15) is 5.82 Å². The Morgan fingerprint density at radius 1 is 1.14 bits per heavy atom. The molecular weight excluding hydrogens is 274 g/mol. The fourth-order valence-electron chi connectivity index (χ4n) is 2.74. The van der Waals surface area contributed by atoms with E-state index in [1.165, 1.54) is 12.5 Å². The minimum Gasteiger partial charge on any atom is -0.349 e. The summed E-state index contributed by atoms with van der Waals surface area (Å²) in [6, 6.07) is 18.5. The molecule has 1 heterocycles. The molecule has 1 atom stereocenters. The Morgan fingerprint density at radius 2 is 1.82 bits per heavy atom. The van der Waals surface area contributed by atoms with Crippen molar-refractivity contribution in [2.45, 2.75) is 26.4 Å². The van der Waals surface area contributed by atoms with Crippen molar-refractivity contribution in [1.29, 1.82) is 0 Å². The number of benzene rings is 2. The third-order valence-corrected chi connectivity index (χ3v) is 3.83.